The third-order valence-electron chi connectivity index (χ3n) is 6.87. The number of hydrogen-bond acceptors (Lipinski definition) is 9. The maximum atomic E-state index is 6.61. The lowest BCUT2D eigenvalue weighted by Crippen LogP contribution is -2.57. The molecule has 2 unspecified atom stereocenters. The van der Waals surface area contributed by atoms with E-state index in [-0.39, 0.29) is 6.10 Å². The first-order valence-corrected chi connectivity index (χ1v) is 12.7. The number of nitrogens with one attached hydrogen (secondary N) is 1. The predicted octanol–water partition coefficient (Wildman–Crippen LogP) is 4.52. The Kier molecular flexibility index (Phi) is 4.99. The highest BCUT2D eigenvalue weighted by Gasteiger charge is 2.38. The van der Waals surface area contributed by atoms with E-state index in [1.807, 2.05) is 17.6 Å². The zero-order valence-electron chi connectivity index (χ0n) is 18.6. The fraction of sp³-hybridized carbons (Fsp3) is 0.400. The van der Waals surface area contributed by atoms with Gasteiger partial charge in [-0.3, -0.25) is 0 Å². The lowest BCUT2D eigenvalue weighted by Gasteiger charge is -2.48. The highest BCUT2D eigenvalue weighted by atomic mass is 32.1. The van der Waals surface area contributed by atoms with E-state index in [0.717, 1.165) is 89.6 Å². The van der Waals surface area contributed by atoms with Gasteiger partial charge in [-0.15, -0.1) is 11.3 Å². The van der Waals surface area contributed by atoms with Gasteiger partial charge in [-0.25, -0.2) is 15.0 Å². The van der Waals surface area contributed by atoms with Crippen LogP contribution in [0.2, 0.25) is 0 Å². The summed E-state index contributed by atoms with van der Waals surface area (Å²) in [4.78, 5) is 16.0. The van der Waals surface area contributed by atoms with Crippen molar-refractivity contribution < 1.29 is 14.2 Å². The zero-order valence-corrected chi connectivity index (χ0v) is 19.5. The summed E-state index contributed by atoms with van der Waals surface area (Å²) >= 11 is 1.63. The first kappa shape index (κ1) is 20.4. The van der Waals surface area contributed by atoms with Gasteiger partial charge in [0.15, 0.2) is 0 Å². The number of thiazole rings is 1. The molecule has 8 nitrogen and oxygen atoms in total. The third kappa shape index (κ3) is 3.73. The van der Waals surface area contributed by atoms with Gasteiger partial charge in [-0.05, 0) is 24.3 Å². The minimum atomic E-state index is 0.117. The maximum Gasteiger partial charge on any atom is 0.145 e. The Hall–Kier alpha value is -3.01. The van der Waals surface area contributed by atoms with Crippen molar-refractivity contribution in [2.24, 2.45) is 0 Å². The van der Waals surface area contributed by atoms with Crippen LogP contribution in [0.15, 0.2) is 42.2 Å². The molecule has 4 aromatic rings. The topological polar surface area (TPSA) is 81.6 Å². The van der Waals surface area contributed by atoms with Crippen LogP contribution >= 0.6 is 11.3 Å². The number of rotatable bonds is 5. The van der Waals surface area contributed by atoms with E-state index in [2.05, 4.69) is 43.4 Å². The van der Waals surface area contributed by atoms with Crippen molar-refractivity contribution in [3.05, 3.63) is 42.2 Å². The van der Waals surface area contributed by atoms with Crippen molar-refractivity contribution in [2.75, 3.05) is 36.5 Å². The van der Waals surface area contributed by atoms with Crippen molar-refractivity contribution in [1.82, 2.24) is 15.0 Å². The van der Waals surface area contributed by atoms with Gasteiger partial charge in [0.25, 0.3) is 0 Å². The molecule has 34 heavy (non-hydrogen) atoms. The second-order valence-electron chi connectivity index (χ2n) is 9.17. The molecule has 0 aliphatic carbocycles. The van der Waals surface area contributed by atoms with E-state index < -0.39 is 0 Å². The summed E-state index contributed by atoms with van der Waals surface area (Å²) in [5.74, 6) is 1.56. The number of aromatic nitrogens is 3. The Bertz CT molecular complexity index is 1340. The van der Waals surface area contributed by atoms with E-state index in [1.54, 1.807) is 17.7 Å². The molecule has 2 aromatic carbocycles. The number of morpholine rings is 1. The molecule has 2 bridgehead atoms. The molecule has 0 saturated carbocycles. The first-order chi connectivity index (χ1) is 16.8. The van der Waals surface area contributed by atoms with Crippen molar-refractivity contribution >= 4 is 49.6 Å². The second kappa shape index (κ2) is 8.33. The summed E-state index contributed by atoms with van der Waals surface area (Å²) in [5, 5.41) is 4.41. The van der Waals surface area contributed by atoms with E-state index in [9.17, 15) is 0 Å². The number of piperidine rings is 1. The summed E-state index contributed by atoms with van der Waals surface area (Å²) in [6, 6.07) is 10.5. The Labute approximate surface area is 200 Å². The molecule has 0 radical (unpaired) electrons. The molecule has 2 aromatic heterocycles. The summed E-state index contributed by atoms with van der Waals surface area (Å²) in [7, 11) is 0. The smallest absolute Gasteiger partial charge is 0.145 e. The maximum absolute atomic E-state index is 6.61. The summed E-state index contributed by atoms with van der Waals surface area (Å²) in [6.45, 7) is 3.27. The Morgan fingerprint density at radius 2 is 1.85 bits per heavy atom. The molecule has 0 amide bonds. The lowest BCUT2D eigenvalue weighted by molar-refractivity contribution is -0.133. The van der Waals surface area contributed by atoms with Gasteiger partial charge in [0.05, 0.1) is 52.1 Å². The van der Waals surface area contributed by atoms with E-state index in [4.69, 9.17) is 14.2 Å². The Morgan fingerprint density at radius 1 is 1.00 bits per heavy atom. The van der Waals surface area contributed by atoms with Crippen LogP contribution in [0.3, 0.4) is 0 Å². The molecular weight excluding hydrogens is 450 g/mol. The summed E-state index contributed by atoms with van der Waals surface area (Å²) < 4.78 is 19.1. The van der Waals surface area contributed by atoms with Gasteiger partial charge in [0.1, 0.15) is 24.0 Å². The van der Waals surface area contributed by atoms with Crippen LogP contribution in [0, 0.1) is 0 Å². The molecular formula is C25H25N5O3S. The predicted molar refractivity (Wildman–Crippen MR) is 132 cm³/mol. The fourth-order valence-corrected chi connectivity index (χ4v) is 5.84. The average molecular weight is 476 g/mol. The minimum Gasteiger partial charge on any atom is -0.489 e. The van der Waals surface area contributed by atoms with E-state index >= 15 is 0 Å². The van der Waals surface area contributed by atoms with E-state index in [0.29, 0.717) is 12.2 Å². The van der Waals surface area contributed by atoms with Crippen molar-refractivity contribution in [3.63, 3.8) is 0 Å². The number of benzene rings is 2. The highest BCUT2D eigenvalue weighted by Crippen LogP contribution is 2.39. The molecule has 1 N–H and O–H groups in total. The molecule has 2 atom stereocenters. The van der Waals surface area contributed by atoms with Crippen LogP contribution in [0.25, 0.3) is 21.1 Å². The number of ether oxygens (including phenoxy) is 3. The molecule has 4 fully saturated rings. The summed E-state index contributed by atoms with van der Waals surface area (Å²) in [6.07, 6.45) is 5.33. The van der Waals surface area contributed by atoms with Gasteiger partial charge in [0.2, 0.25) is 0 Å². The van der Waals surface area contributed by atoms with E-state index in [1.165, 1.54) is 0 Å². The molecule has 9 heteroatoms. The minimum absolute atomic E-state index is 0.117. The molecule has 6 heterocycles. The van der Waals surface area contributed by atoms with Crippen LogP contribution in [0.4, 0.5) is 17.2 Å². The largest absolute Gasteiger partial charge is 0.489 e. The normalized spacial score (nSPS) is 22.6. The van der Waals surface area contributed by atoms with Crippen LogP contribution < -0.4 is 15.0 Å². The molecule has 8 rings (SSSR count). The molecule has 4 saturated heterocycles. The van der Waals surface area contributed by atoms with Crippen molar-refractivity contribution in [3.8, 4) is 5.75 Å². The molecule has 4 aliphatic heterocycles. The van der Waals surface area contributed by atoms with Crippen LogP contribution in [-0.4, -0.2) is 59.6 Å². The molecule has 4 aliphatic rings. The number of nitrogens with zero attached hydrogens (tertiary/aromatic N) is 4. The number of anilines is 3. The van der Waals surface area contributed by atoms with Gasteiger partial charge in [-0.2, -0.15) is 0 Å². The van der Waals surface area contributed by atoms with Gasteiger partial charge in [0, 0.05) is 49.8 Å². The number of hydrogen-bond donors (Lipinski definition) is 1. The average Bonchev–Trinajstić information content (AvgIpc) is 3.32. The molecule has 174 valence electrons. The van der Waals surface area contributed by atoms with Crippen molar-refractivity contribution in [1.29, 1.82) is 0 Å². The zero-order chi connectivity index (χ0) is 22.5. The standard InChI is InChI=1S/C25H25N5O3S/c1-2-20-23(34-14-28-20)7-15(1)29-25-24-21(26-13-27-25)8-16(30-11-18-10-19(12-30)32-18)9-22(24)33-17-3-5-31-6-4-17/h1-2,7-9,13-14,17-19H,3-6,10-12H2,(H,26,27,29). The quantitative estimate of drug-likeness (QED) is 0.451. The van der Waals surface area contributed by atoms with Crippen LogP contribution in [0.5, 0.6) is 5.75 Å². The van der Waals surface area contributed by atoms with Gasteiger partial charge < -0.3 is 24.4 Å². The van der Waals surface area contributed by atoms with Gasteiger partial charge >= 0.3 is 0 Å². The van der Waals surface area contributed by atoms with Crippen molar-refractivity contribution in [2.45, 2.75) is 37.6 Å². The molecule has 0 spiro atoms. The highest BCUT2D eigenvalue weighted by molar-refractivity contribution is 7.16. The van der Waals surface area contributed by atoms with Crippen LogP contribution in [-0.2, 0) is 9.47 Å². The van der Waals surface area contributed by atoms with Crippen LogP contribution in [0.1, 0.15) is 19.3 Å². The first-order valence-electron chi connectivity index (χ1n) is 11.8. The monoisotopic (exact) mass is 475 g/mol. The lowest BCUT2D eigenvalue weighted by atomic mass is 9.98. The second-order valence-corrected chi connectivity index (χ2v) is 10.1. The summed E-state index contributed by atoms with van der Waals surface area (Å²) in [5.41, 5.74) is 5.83. The number of fused-ring (bicyclic) bond motifs is 4. The Balaban J connectivity index is 1.29. The van der Waals surface area contributed by atoms with Gasteiger partial charge in [-0.1, -0.05) is 0 Å². The fourth-order valence-electron chi connectivity index (χ4n) is 5.12. The Morgan fingerprint density at radius 3 is 2.71 bits per heavy atom. The SMILES string of the molecule is c1nc(Nc2ccc3ncsc3c2)c2c(OC3CCOCC3)cc(N3CC4CC(C3)O4)cc2n1. The third-order valence-corrected chi connectivity index (χ3v) is 7.66.